The summed E-state index contributed by atoms with van der Waals surface area (Å²) in [5, 5.41) is 8.12. The van der Waals surface area contributed by atoms with E-state index >= 15 is 0 Å². The van der Waals surface area contributed by atoms with Gasteiger partial charge in [0.2, 0.25) is 0 Å². The molecule has 1 heterocycles. The van der Waals surface area contributed by atoms with E-state index < -0.39 is 27.0 Å². The Balaban J connectivity index is 2.50. The van der Waals surface area contributed by atoms with Crippen molar-refractivity contribution in [3.05, 3.63) is 34.9 Å². The number of sulfone groups is 1. The molecule has 5 heteroatoms. The molecule has 1 aliphatic rings. The summed E-state index contributed by atoms with van der Waals surface area (Å²) in [4.78, 5) is 11.0. The monoisotopic (exact) mass is 254 g/mol. The van der Waals surface area contributed by atoms with Gasteiger partial charge in [-0.2, -0.15) is 0 Å². The minimum absolute atomic E-state index is 0.250. The molecule has 17 heavy (non-hydrogen) atoms. The Labute approximate surface area is 100 Å². The minimum atomic E-state index is -3.29. The summed E-state index contributed by atoms with van der Waals surface area (Å²) in [6, 6.07) is 5.49. The van der Waals surface area contributed by atoms with Gasteiger partial charge in [0, 0.05) is 0 Å². The van der Waals surface area contributed by atoms with Crippen molar-refractivity contribution >= 4 is 15.8 Å². The summed E-state index contributed by atoms with van der Waals surface area (Å²) < 4.78 is 23.5. The van der Waals surface area contributed by atoms with E-state index in [1.165, 1.54) is 0 Å². The average Bonchev–Trinajstić information content (AvgIpc) is 2.20. The van der Waals surface area contributed by atoms with E-state index in [4.69, 9.17) is 5.11 Å². The fourth-order valence-corrected chi connectivity index (χ4v) is 4.29. The summed E-state index contributed by atoms with van der Waals surface area (Å²) in [6.45, 7) is 3.67. The Hall–Kier alpha value is -1.36. The molecule has 1 aromatic rings. The first-order valence-corrected chi connectivity index (χ1v) is 7.06. The largest absolute Gasteiger partial charge is 0.481 e. The third-order valence-corrected chi connectivity index (χ3v) is 5.40. The van der Waals surface area contributed by atoms with Gasteiger partial charge in [-0.15, -0.1) is 0 Å². The van der Waals surface area contributed by atoms with Crippen molar-refractivity contribution in [2.75, 3.05) is 5.75 Å². The predicted octanol–water partition coefficient (Wildman–Crippen LogP) is 1.47. The number of aryl methyl sites for hydroxylation is 2. The molecule has 1 saturated heterocycles. The van der Waals surface area contributed by atoms with E-state index in [0.717, 1.165) is 11.1 Å². The molecule has 1 aliphatic heterocycles. The van der Waals surface area contributed by atoms with Gasteiger partial charge in [0.25, 0.3) is 0 Å². The number of hydrogen-bond donors (Lipinski definition) is 1. The van der Waals surface area contributed by atoms with E-state index in [0.29, 0.717) is 5.56 Å². The number of rotatable bonds is 2. The van der Waals surface area contributed by atoms with E-state index in [1.807, 2.05) is 26.0 Å². The van der Waals surface area contributed by atoms with Crippen molar-refractivity contribution < 1.29 is 18.3 Å². The molecule has 0 radical (unpaired) electrons. The standard InChI is InChI=1S/C12H14O4S/c1-7-3-4-8(2)9(5-7)11-10(12(13)14)6-17(11,15)16/h3-5,10-11H,6H2,1-2H3,(H,13,14). The van der Waals surface area contributed by atoms with Gasteiger partial charge in [-0.1, -0.05) is 23.8 Å². The molecule has 1 fully saturated rings. The van der Waals surface area contributed by atoms with Crippen LogP contribution in [0.15, 0.2) is 18.2 Å². The van der Waals surface area contributed by atoms with Crippen LogP contribution >= 0.6 is 0 Å². The highest BCUT2D eigenvalue weighted by Gasteiger charge is 2.51. The molecule has 0 aromatic heterocycles. The van der Waals surface area contributed by atoms with Gasteiger partial charge in [-0.25, -0.2) is 8.42 Å². The molecule has 0 aliphatic carbocycles. The maximum atomic E-state index is 11.7. The van der Waals surface area contributed by atoms with Crippen molar-refractivity contribution in [3.8, 4) is 0 Å². The Bertz CT molecular complexity index is 574. The Morgan fingerprint density at radius 3 is 2.53 bits per heavy atom. The van der Waals surface area contributed by atoms with Gasteiger partial charge in [-0.05, 0) is 25.0 Å². The fraction of sp³-hybridized carbons (Fsp3) is 0.417. The zero-order valence-electron chi connectivity index (χ0n) is 9.67. The maximum Gasteiger partial charge on any atom is 0.309 e. The number of carboxylic acids is 1. The zero-order chi connectivity index (χ0) is 12.8. The number of benzene rings is 1. The third kappa shape index (κ3) is 1.95. The second kappa shape index (κ2) is 3.84. The van der Waals surface area contributed by atoms with E-state index in [2.05, 4.69) is 0 Å². The minimum Gasteiger partial charge on any atom is -0.481 e. The van der Waals surface area contributed by atoms with Crippen LogP contribution in [-0.4, -0.2) is 25.2 Å². The number of carboxylic acid groups (broad SMARTS) is 1. The summed E-state index contributed by atoms with van der Waals surface area (Å²) in [5.41, 5.74) is 2.40. The lowest BCUT2D eigenvalue weighted by Gasteiger charge is -2.34. The molecule has 2 atom stereocenters. The summed E-state index contributed by atoms with van der Waals surface area (Å²) >= 11 is 0. The van der Waals surface area contributed by atoms with Crippen LogP contribution in [0.3, 0.4) is 0 Å². The number of carbonyl (C=O) groups is 1. The van der Waals surface area contributed by atoms with Crippen LogP contribution in [0, 0.1) is 19.8 Å². The highest BCUT2D eigenvalue weighted by molar-refractivity contribution is 7.93. The molecule has 0 bridgehead atoms. The quantitative estimate of drug-likeness (QED) is 0.867. The van der Waals surface area contributed by atoms with Crippen LogP contribution < -0.4 is 0 Å². The average molecular weight is 254 g/mol. The molecule has 1 N–H and O–H groups in total. The lowest BCUT2D eigenvalue weighted by atomic mass is 9.94. The Morgan fingerprint density at radius 2 is 2.00 bits per heavy atom. The van der Waals surface area contributed by atoms with Gasteiger partial charge < -0.3 is 5.11 Å². The maximum absolute atomic E-state index is 11.7. The Morgan fingerprint density at radius 1 is 1.35 bits per heavy atom. The normalized spacial score (nSPS) is 26.2. The summed E-state index contributed by atoms with van der Waals surface area (Å²) in [5.74, 6) is -2.09. The van der Waals surface area contributed by atoms with Crippen LogP contribution in [0.25, 0.3) is 0 Å². The van der Waals surface area contributed by atoms with E-state index in [9.17, 15) is 13.2 Å². The second-order valence-corrected chi connectivity index (χ2v) is 6.72. The predicted molar refractivity (Wildman–Crippen MR) is 63.6 cm³/mol. The molecule has 0 spiro atoms. The van der Waals surface area contributed by atoms with Gasteiger partial charge in [-0.3, -0.25) is 4.79 Å². The van der Waals surface area contributed by atoms with Crippen molar-refractivity contribution in [2.24, 2.45) is 5.92 Å². The molecule has 0 amide bonds. The highest BCUT2D eigenvalue weighted by atomic mass is 32.2. The molecular formula is C12H14O4S. The third-order valence-electron chi connectivity index (χ3n) is 3.22. The summed E-state index contributed by atoms with van der Waals surface area (Å²) in [7, 11) is -3.29. The van der Waals surface area contributed by atoms with Crippen molar-refractivity contribution in [1.82, 2.24) is 0 Å². The SMILES string of the molecule is Cc1ccc(C)c(C2C(C(=O)O)CS2(=O)=O)c1. The number of aliphatic carboxylic acids is 1. The lowest BCUT2D eigenvalue weighted by molar-refractivity contribution is -0.141. The smallest absolute Gasteiger partial charge is 0.309 e. The van der Waals surface area contributed by atoms with Gasteiger partial charge in [0.1, 0.15) is 5.25 Å². The van der Waals surface area contributed by atoms with Crippen molar-refractivity contribution in [1.29, 1.82) is 0 Å². The first-order chi connectivity index (χ1) is 7.83. The van der Waals surface area contributed by atoms with Crippen LogP contribution in [0.2, 0.25) is 0 Å². The van der Waals surface area contributed by atoms with Gasteiger partial charge in [0.05, 0.1) is 11.7 Å². The second-order valence-electron chi connectivity index (χ2n) is 4.55. The van der Waals surface area contributed by atoms with Crippen LogP contribution in [0.1, 0.15) is 21.9 Å². The molecule has 1 aromatic carbocycles. The Kier molecular flexibility index (Phi) is 2.73. The van der Waals surface area contributed by atoms with Crippen LogP contribution in [0.5, 0.6) is 0 Å². The first kappa shape index (κ1) is 12.1. The zero-order valence-corrected chi connectivity index (χ0v) is 10.5. The molecular weight excluding hydrogens is 240 g/mol. The summed E-state index contributed by atoms with van der Waals surface area (Å²) in [6.07, 6.45) is 0. The molecule has 4 nitrogen and oxygen atoms in total. The highest BCUT2D eigenvalue weighted by Crippen LogP contribution is 2.43. The molecule has 92 valence electrons. The molecule has 0 saturated carbocycles. The van der Waals surface area contributed by atoms with Crippen LogP contribution in [-0.2, 0) is 14.6 Å². The molecule has 2 rings (SSSR count). The number of hydrogen-bond acceptors (Lipinski definition) is 3. The first-order valence-electron chi connectivity index (χ1n) is 5.34. The van der Waals surface area contributed by atoms with Crippen LogP contribution in [0.4, 0.5) is 0 Å². The molecule has 2 unspecified atom stereocenters. The lowest BCUT2D eigenvalue weighted by Crippen LogP contribution is -2.45. The van der Waals surface area contributed by atoms with E-state index in [-0.39, 0.29) is 5.75 Å². The topological polar surface area (TPSA) is 71.4 Å². The van der Waals surface area contributed by atoms with Gasteiger partial charge in [0.15, 0.2) is 9.84 Å². The fourth-order valence-electron chi connectivity index (χ4n) is 2.25. The van der Waals surface area contributed by atoms with Gasteiger partial charge >= 0.3 is 5.97 Å². The van der Waals surface area contributed by atoms with E-state index in [1.54, 1.807) is 6.07 Å². The van der Waals surface area contributed by atoms with Crippen molar-refractivity contribution in [3.63, 3.8) is 0 Å². The van der Waals surface area contributed by atoms with Crippen molar-refractivity contribution in [2.45, 2.75) is 19.1 Å².